The molecule has 0 radical (unpaired) electrons. The lowest BCUT2D eigenvalue weighted by atomic mass is 9.87. The van der Waals surface area contributed by atoms with Gasteiger partial charge < -0.3 is 15.0 Å². The molecule has 1 N–H and O–H groups in total. The summed E-state index contributed by atoms with van der Waals surface area (Å²) in [5.41, 5.74) is 13.1. The number of aryl methyl sites for hydroxylation is 1. The minimum atomic E-state index is 0.819. The van der Waals surface area contributed by atoms with Crippen LogP contribution in [0.2, 0.25) is 0 Å². The van der Waals surface area contributed by atoms with Crippen molar-refractivity contribution in [2.24, 2.45) is 0 Å². The maximum Gasteiger partial charge on any atom is 0.151 e. The van der Waals surface area contributed by atoms with E-state index in [0.29, 0.717) is 0 Å². The fraction of sp³-hybridized carbons (Fsp3) is 0.0750. The minimum absolute atomic E-state index is 0.819. The molecule has 0 spiro atoms. The summed E-state index contributed by atoms with van der Waals surface area (Å²) in [6, 6.07) is 42.8. The number of rotatable bonds is 3. The number of allylic oxidation sites excluding steroid dienone is 2. The van der Waals surface area contributed by atoms with Crippen LogP contribution in [0.25, 0.3) is 33.2 Å². The van der Waals surface area contributed by atoms with Gasteiger partial charge in [-0.15, -0.1) is 0 Å². The van der Waals surface area contributed by atoms with E-state index in [1.54, 1.807) is 0 Å². The zero-order valence-electron chi connectivity index (χ0n) is 24.1. The lowest BCUT2D eigenvalue weighted by molar-refractivity contribution is 0.477. The van der Waals surface area contributed by atoms with Gasteiger partial charge in [0.05, 0.1) is 22.8 Å². The highest BCUT2D eigenvalue weighted by Gasteiger charge is 2.26. The number of hydrogen-bond donors (Lipinski definition) is 1. The molecule has 1 aliphatic carbocycles. The second-order valence-electron chi connectivity index (χ2n) is 11.6. The van der Waals surface area contributed by atoms with Gasteiger partial charge in [0.25, 0.3) is 0 Å². The lowest BCUT2D eigenvalue weighted by Crippen LogP contribution is -2.24. The largest absolute Gasteiger partial charge is 0.453 e. The van der Waals surface area contributed by atoms with E-state index in [0.717, 1.165) is 59.2 Å². The first kappa shape index (κ1) is 24.9. The van der Waals surface area contributed by atoms with Crippen molar-refractivity contribution >= 4 is 39.1 Å². The van der Waals surface area contributed by atoms with Crippen LogP contribution < -0.4 is 15.0 Å². The molecule has 5 aromatic carbocycles. The van der Waals surface area contributed by atoms with E-state index in [1.807, 2.05) is 30.5 Å². The molecular formula is C40H29N3O. The number of aromatic nitrogens is 1. The van der Waals surface area contributed by atoms with Crippen LogP contribution in [0.1, 0.15) is 23.2 Å². The molecule has 0 fully saturated rings. The number of nitrogens with one attached hydrogen (secondary N) is 1. The lowest BCUT2D eigenvalue weighted by Gasteiger charge is -2.32. The van der Waals surface area contributed by atoms with Crippen molar-refractivity contribution < 1.29 is 4.74 Å². The van der Waals surface area contributed by atoms with Gasteiger partial charge in [-0.2, -0.15) is 0 Å². The van der Waals surface area contributed by atoms with E-state index < -0.39 is 0 Å². The zero-order valence-corrected chi connectivity index (χ0v) is 24.1. The Hall–Kier alpha value is -5.61. The molecule has 44 heavy (non-hydrogen) atoms. The minimum Gasteiger partial charge on any atom is -0.453 e. The highest BCUT2D eigenvalue weighted by atomic mass is 16.5. The van der Waals surface area contributed by atoms with Crippen LogP contribution in [0.5, 0.6) is 11.5 Å². The molecule has 0 amide bonds. The van der Waals surface area contributed by atoms with Gasteiger partial charge in [-0.3, -0.25) is 4.98 Å². The number of dihydropyridines is 1. The van der Waals surface area contributed by atoms with Crippen LogP contribution in [0.3, 0.4) is 0 Å². The molecule has 0 saturated heterocycles. The molecule has 3 aliphatic rings. The van der Waals surface area contributed by atoms with Crippen molar-refractivity contribution in [1.29, 1.82) is 0 Å². The summed E-state index contributed by atoms with van der Waals surface area (Å²) in [5.74, 6) is 1.72. The normalized spacial score (nSPS) is 14.9. The van der Waals surface area contributed by atoms with Gasteiger partial charge in [0.2, 0.25) is 0 Å². The summed E-state index contributed by atoms with van der Waals surface area (Å²) in [6.45, 7) is 0.819. The third kappa shape index (κ3) is 4.10. The van der Waals surface area contributed by atoms with Gasteiger partial charge in [0.1, 0.15) is 0 Å². The number of ether oxygens (including phenoxy) is 1. The maximum atomic E-state index is 6.22. The van der Waals surface area contributed by atoms with Gasteiger partial charge in [0.15, 0.2) is 11.5 Å². The molecule has 4 nitrogen and oxygen atoms in total. The first-order valence-corrected chi connectivity index (χ1v) is 15.2. The van der Waals surface area contributed by atoms with Crippen LogP contribution in [0.15, 0.2) is 139 Å². The standard InChI is InChI=1S/C40H29N3O/c1-2-8-26(9-3-1)32-21-30-16-17-31-22-33(25-42-40(31)39(30)41-24-32)28-14-15-29-23-34(19-18-27(29)20-28)43-35-10-4-6-12-37(35)44-38-13-7-5-11-36(38)43/h1-15,18-23,25,41H,16-17,24H2. The number of fused-ring (bicyclic) bond motifs is 5. The highest BCUT2D eigenvalue weighted by molar-refractivity contribution is 5.94. The molecule has 0 atom stereocenters. The number of hydrogen-bond acceptors (Lipinski definition) is 4. The average Bonchev–Trinajstić information content (AvgIpc) is 3.10. The molecule has 210 valence electrons. The monoisotopic (exact) mass is 567 g/mol. The van der Waals surface area contributed by atoms with Gasteiger partial charge in [-0.25, -0.2) is 0 Å². The quantitative estimate of drug-likeness (QED) is 0.231. The Kier molecular flexibility index (Phi) is 5.66. The molecule has 9 rings (SSSR count). The Morgan fingerprint density at radius 1 is 0.636 bits per heavy atom. The van der Waals surface area contributed by atoms with E-state index in [1.165, 1.54) is 44.3 Å². The third-order valence-corrected chi connectivity index (χ3v) is 8.98. The van der Waals surface area contributed by atoms with Crippen molar-refractivity contribution in [2.75, 3.05) is 11.4 Å². The molecule has 0 unspecified atom stereocenters. The van der Waals surface area contributed by atoms with Crippen molar-refractivity contribution in [1.82, 2.24) is 10.3 Å². The Balaban J connectivity index is 1.04. The molecule has 0 saturated carbocycles. The number of pyridine rings is 1. The molecule has 6 aromatic rings. The predicted octanol–water partition coefficient (Wildman–Crippen LogP) is 9.82. The molecular weight excluding hydrogens is 538 g/mol. The number of nitrogens with zero attached hydrogens (tertiary/aromatic N) is 2. The predicted molar refractivity (Wildman–Crippen MR) is 180 cm³/mol. The second-order valence-corrected chi connectivity index (χ2v) is 11.6. The molecule has 0 bridgehead atoms. The van der Waals surface area contributed by atoms with E-state index in [-0.39, 0.29) is 0 Å². The van der Waals surface area contributed by atoms with Gasteiger partial charge in [0, 0.05) is 24.0 Å². The Bertz CT molecular complexity index is 2120. The van der Waals surface area contributed by atoms with Crippen molar-refractivity contribution in [2.45, 2.75) is 12.8 Å². The Labute approximate surface area is 256 Å². The summed E-state index contributed by atoms with van der Waals surface area (Å²) >= 11 is 0. The summed E-state index contributed by atoms with van der Waals surface area (Å²) in [7, 11) is 0. The summed E-state index contributed by atoms with van der Waals surface area (Å²) in [6.07, 6.45) is 6.41. The van der Waals surface area contributed by atoms with Gasteiger partial charge in [-0.1, -0.05) is 78.9 Å². The van der Waals surface area contributed by atoms with Crippen LogP contribution in [-0.2, 0) is 6.42 Å². The van der Waals surface area contributed by atoms with Crippen molar-refractivity contribution in [3.63, 3.8) is 0 Å². The van der Waals surface area contributed by atoms with Crippen LogP contribution in [-0.4, -0.2) is 11.5 Å². The highest BCUT2D eigenvalue weighted by Crippen LogP contribution is 2.50. The van der Waals surface area contributed by atoms with Gasteiger partial charge >= 0.3 is 0 Å². The van der Waals surface area contributed by atoms with Gasteiger partial charge in [-0.05, 0) is 100.0 Å². The number of anilines is 3. The maximum absolute atomic E-state index is 6.22. The first-order valence-electron chi connectivity index (χ1n) is 15.2. The first-order chi connectivity index (χ1) is 21.8. The zero-order chi connectivity index (χ0) is 29.0. The van der Waals surface area contributed by atoms with E-state index in [2.05, 4.69) is 113 Å². The van der Waals surface area contributed by atoms with E-state index in [9.17, 15) is 0 Å². The summed E-state index contributed by atoms with van der Waals surface area (Å²) < 4.78 is 6.22. The summed E-state index contributed by atoms with van der Waals surface area (Å²) in [5, 5.41) is 6.09. The SMILES string of the molecule is C1=C(c2ccccc2)CNC2=C1CCc1cc(-c3ccc4cc(N5c6ccccc6Oc6ccccc65)ccc4c3)cnc12. The van der Waals surface area contributed by atoms with E-state index in [4.69, 9.17) is 9.72 Å². The van der Waals surface area contributed by atoms with Crippen LogP contribution in [0.4, 0.5) is 17.1 Å². The summed E-state index contributed by atoms with van der Waals surface area (Å²) in [4.78, 5) is 7.29. The second kappa shape index (κ2) is 9.99. The fourth-order valence-corrected chi connectivity index (χ4v) is 6.79. The number of benzene rings is 5. The fourth-order valence-electron chi connectivity index (χ4n) is 6.79. The Morgan fingerprint density at radius 2 is 1.36 bits per heavy atom. The van der Waals surface area contributed by atoms with Crippen LogP contribution >= 0.6 is 0 Å². The molecule has 2 aliphatic heterocycles. The number of para-hydroxylation sites is 4. The molecule has 3 heterocycles. The van der Waals surface area contributed by atoms with Crippen molar-refractivity contribution in [3.05, 3.63) is 156 Å². The van der Waals surface area contributed by atoms with Crippen molar-refractivity contribution in [3.8, 4) is 22.6 Å². The third-order valence-electron chi connectivity index (χ3n) is 8.98. The smallest absolute Gasteiger partial charge is 0.151 e. The topological polar surface area (TPSA) is 37.4 Å². The van der Waals surface area contributed by atoms with E-state index >= 15 is 0 Å². The van der Waals surface area contributed by atoms with Crippen LogP contribution in [0, 0.1) is 0 Å². The molecule has 4 heteroatoms. The average molecular weight is 568 g/mol. The molecule has 1 aromatic heterocycles. The Morgan fingerprint density at radius 3 is 2.18 bits per heavy atom.